The number of hydrogen-bond donors (Lipinski definition) is 1. The van der Waals surface area contributed by atoms with Gasteiger partial charge >= 0.3 is 11.9 Å². The highest BCUT2D eigenvalue weighted by atomic mass is 16.6. The zero-order chi connectivity index (χ0) is 16.5. The van der Waals surface area contributed by atoms with E-state index in [4.69, 9.17) is 15.2 Å². The Labute approximate surface area is 131 Å². The van der Waals surface area contributed by atoms with Gasteiger partial charge in [0.2, 0.25) is 0 Å². The second-order valence-electron chi connectivity index (χ2n) is 5.41. The molecule has 5 heteroatoms. The number of esters is 2. The molecule has 0 aliphatic heterocycles. The number of carbonyl (C=O) groups excluding carboxylic acids is 2. The maximum absolute atomic E-state index is 11.9. The topological polar surface area (TPSA) is 78.6 Å². The zero-order valence-electron chi connectivity index (χ0n) is 13.5. The van der Waals surface area contributed by atoms with Crippen molar-refractivity contribution in [1.29, 1.82) is 0 Å². The molecule has 3 atom stereocenters. The van der Waals surface area contributed by atoms with Crippen LogP contribution in [-0.4, -0.2) is 24.1 Å². The molecule has 1 aromatic carbocycles. The summed E-state index contributed by atoms with van der Waals surface area (Å²) < 4.78 is 10.3. The summed E-state index contributed by atoms with van der Waals surface area (Å²) in [5, 5.41) is 0. The number of nitrogens with two attached hydrogens (primary N) is 1. The minimum Gasteiger partial charge on any atom is -0.458 e. The lowest BCUT2D eigenvalue weighted by Crippen LogP contribution is -2.37. The van der Waals surface area contributed by atoms with Gasteiger partial charge in [-0.1, -0.05) is 50.6 Å². The Balaban J connectivity index is 2.41. The second kappa shape index (κ2) is 9.20. The van der Waals surface area contributed by atoms with E-state index in [0.29, 0.717) is 0 Å². The lowest BCUT2D eigenvalue weighted by molar-refractivity contribution is -0.170. The fourth-order valence-electron chi connectivity index (χ4n) is 1.93. The number of ether oxygens (including phenoxy) is 2. The first-order chi connectivity index (χ1) is 10.5. The predicted octanol–water partition coefficient (Wildman–Crippen LogP) is 2.42. The second-order valence-corrected chi connectivity index (χ2v) is 5.41. The molecule has 1 rings (SSSR count). The lowest BCUT2D eigenvalue weighted by Gasteiger charge is -2.20. The summed E-state index contributed by atoms with van der Waals surface area (Å²) >= 11 is 0. The first kappa shape index (κ1) is 18.2. The molecule has 0 saturated carbocycles. The summed E-state index contributed by atoms with van der Waals surface area (Å²) in [4.78, 5) is 23.8. The van der Waals surface area contributed by atoms with Gasteiger partial charge in [0.15, 0.2) is 6.10 Å². The van der Waals surface area contributed by atoms with Crippen LogP contribution < -0.4 is 5.73 Å². The van der Waals surface area contributed by atoms with Crippen LogP contribution in [0.1, 0.15) is 39.2 Å². The van der Waals surface area contributed by atoms with Crippen molar-refractivity contribution in [2.24, 2.45) is 11.7 Å². The van der Waals surface area contributed by atoms with Crippen molar-refractivity contribution < 1.29 is 19.1 Å². The molecule has 0 aromatic heterocycles. The van der Waals surface area contributed by atoms with E-state index in [9.17, 15) is 9.59 Å². The highest BCUT2D eigenvalue weighted by Gasteiger charge is 2.26. The Morgan fingerprint density at radius 3 is 2.36 bits per heavy atom. The van der Waals surface area contributed by atoms with E-state index in [1.807, 2.05) is 37.3 Å². The van der Waals surface area contributed by atoms with Crippen molar-refractivity contribution in [3.05, 3.63) is 35.9 Å². The third kappa shape index (κ3) is 5.85. The first-order valence-corrected chi connectivity index (χ1v) is 7.62. The summed E-state index contributed by atoms with van der Waals surface area (Å²) in [6.45, 7) is 5.38. The van der Waals surface area contributed by atoms with Gasteiger partial charge in [0, 0.05) is 6.04 Å². The fraction of sp³-hybridized carbons (Fsp3) is 0.529. The van der Waals surface area contributed by atoms with Crippen molar-refractivity contribution in [3.63, 3.8) is 0 Å². The molecule has 22 heavy (non-hydrogen) atoms. The molecular weight excluding hydrogens is 282 g/mol. The van der Waals surface area contributed by atoms with Crippen LogP contribution in [0.15, 0.2) is 30.3 Å². The number of benzene rings is 1. The predicted molar refractivity (Wildman–Crippen MR) is 83.8 cm³/mol. The molecule has 2 N–H and O–H groups in total. The molecule has 0 unspecified atom stereocenters. The molecule has 0 spiro atoms. The maximum atomic E-state index is 11.9. The van der Waals surface area contributed by atoms with Gasteiger partial charge < -0.3 is 15.2 Å². The molecule has 0 radical (unpaired) electrons. The van der Waals surface area contributed by atoms with Crippen LogP contribution in [0.3, 0.4) is 0 Å². The summed E-state index contributed by atoms with van der Waals surface area (Å²) in [7, 11) is 0. The van der Waals surface area contributed by atoms with E-state index in [2.05, 4.69) is 0 Å². The van der Waals surface area contributed by atoms with Gasteiger partial charge in [-0.05, 0) is 18.9 Å². The van der Waals surface area contributed by atoms with Crippen LogP contribution in [-0.2, 0) is 25.7 Å². The van der Waals surface area contributed by atoms with E-state index < -0.39 is 24.0 Å². The SMILES string of the molecule is CCC[C@@H](N)[C@@H](C)C(=O)O[C@@H](C)C(=O)OCc1ccccc1. The Morgan fingerprint density at radius 1 is 1.14 bits per heavy atom. The smallest absolute Gasteiger partial charge is 0.347 e. The van der Waals surface area contributed by atoms with Gasteiger partial charge in [0.1, 0.15) is 6.61 Å². The normalized spacial score (nSPS) is 14.7. The number of carbonyl (C=O) groups is 2. The van der Waals surface area contributed by atoms with Crippen molar-refractivity contribution in [2.75, 3.05) is 0 Å². The Kier molecular flexibility index (Phi) is 7.60. The van der Waals surface area contributed by atoms with Gasteiger partial charge in [-0.3, -0.25) is 4.79 Å². The molecular formula is C17H25NO4. The molecule has 0 bridgehead atoms. The van der Waals surface area contributed by atoms with Crippen LogP contribution in [0, 0.1) is 5.92 Å². The third-order valence-corrected chi connectivity index (χ3v) is 3.48. The van der Waals surface area contributed by atoms with Crippen LogP contribution in [0.2, 0.25) is 0 Å². The highest BCUT2D eigenvalue weighted by molar-refractivity contribution is 5.80. The molecule has 0 amide bonds. The molecule has 0 heterocycles. The Bertz CT molecular complexity index is 475. The van der Waals surface area contributed by atoms with Crippen LogP contribution in [0.25, 0.3) is 0 Å². The molecule has 1 aromatic rings. The summed E-state index contributed by atoms with van der Waals surface area (Å²) in [5.41, 5.74) is 6.78. The molecule has 0 saturated heterocycles. The zero-order valence-corrected chi connectivity index (χ0v) is 13.5. The van der Waals surface area contributed by atoms with Crippen molar-refractivity contribution in [1.82, 2.24) is 0 Å². The first-order valence-electron chi connectivity index (χ1n) is 7.62. The average Bonchev–Trinajstić information content (AvgIpc) is 2.52. The fourth-order valence-corrected chi connectivity index (χ4v) is 1.93. The van der Waals surface area contributed by atoms with E-state index in [1.165, 1.54) is 6.92 Å². The Hall–Kier alpha value is -1.88. The number of hydrogen-bond acceptors (Lipinski definition) is 5. The van der Waals surface area contributed by atoms with Crippen LogP contribution in [0.5, 0.6) is 0 Å². The molecule has 0 aliphatic carbocycles. The highest BCUT2D eigenvalue weighted by Crippen LogP contribution is 2.11. The van der Waals surface area contributed by atoms with Crippen molar-refractivity contribution >= 4 is 11.9 Å². The minimum absolute atomic E-state index is 0.159. The van der Waals surface area contributed by atoms with E-state index in [1.54, 1.807) is 6.92 Å². The summed E-state index contributed by atoms with van der Waals surface area (Å²) in [6.07, 6.45) is 0.698. The van der Waals surface area contributed by atoms with Crippen molar-refractivity contribution in [2.45, 2.75) is 52.4 Å². The lowest BCUT2D eigenvalue weighted by atomic mass is 9.99. The van der Waals surface area contributed by atoms with Crippen LogP contribution >= 0.6 is 0 Å². The number of rotatable bonds is 8. The summed E-state index contributed by atoms with van der Waals surface area (Å²) in [5.74, 6) is -1.47. The monoisotopic (exact) mass is 307 g/mol. The standard InChI is InChI=1S/C17H25NO4/c1-4-8-15(18)12(2)16(19)22-13(3)17(20)21-11-14-9-6-5-7-10-14/h5-7,9-10,12-13,15H,4,8,11,18H2,1-3H3/t12-,13+,15-/m1/s1. The van der Waals surface area contributed by atoms with Gasteiger partial charge in [-0.25, -0.2) is 4.79 Å². The minimum atomic E-state index is -0.938. The largest absolute Gasteiger partial charge is 0.458 e. The van der Waals surface area contributed by atoms with E-state index in [0.717, 1.165) is 18.4 Å². The Morgan fingerprint density at radius 2 is 1.77 bits per heavy atom. The third-order valence-electron chi connectivity index (χ3n) is 3.48. The van der Waals surface area contributed by atoms with E-state index in [-0.39, 0.29) is 12.6 Å². The quantitative estimate of drug-likeness (QED) is 0.746. The van der Waals surface area contributed by atoms with Crippen LogP contribution in [0.4, 0.5) is 0 Å². The van der Waals surface area contributed by atoms with Crippen molar-refractivity contribution in [3.8, 4) is 0 Å². The van der Waals surface area contributed by atoms with Gasteiger partial charge in [0.05, 0.1) is 5.92 Å². The molecule has 5 nitrogen and oxygen atoms in total. The average molecular weight is 307 g/mol. The maximum Gasteiger partial charge on any atom is 0.347 e. The van der Waals surface area contributed by atoms with Gasteiger partial charge in [-0.15, -0.1) is 0 Å². The van der Waals surface area contributed by atoms with E-state index >= 15 is 0 Å². The molecule has 0 fully saturated rings. The molecule has 0 aliphatic rings. The molecule has 122 valence electrons. The summed E-state index contributed by atoms with van der Waals surface area (Å²) in [6, 6.07) is 9.07. The van der Waals surface area contributed by atoms with Gasteiger partial charge in [0.25, 0.3) is 0 Å². The van der Waals surface area contributed by atoms with Gasteiger partial charge in [-0.2, -0.15) is 0 Å².